The first-order chi connectivity index (χ1) is 9.06. The molecule has 2 N–H and O–H groups in total. The quantitative estimate of drug-likeness (QED) is 0.571. The number of piperazine rings is 1. The standard InChI is InChI=1S/C10H16ClN5O3/c11-10-13-9(16(18)19)7-15(10)6-8(17)5-14-3-1-12-2-4-14/h7-8,12,17H,1-6H2/t8-/m1/s1. The van der Waals surface area contributed by atoms with Crippen LogP contribution in [0.5, 0.6) is 0 Å². The SMILES string of the molecule is O=[N+]([O-])c1cn(C[C@H](O)CN2CCNCC2)c(Cl)n1. The molecule has 2 rings (SSSR count). The van der Waals surface area contributed by atoms with Crippen LogP contribution in [0.25, 0.3) is 0 Å². The monoisotopic (exact) mass is 289 g/mol. The van der Waals surface area contributed by atoms with E-state index in [0.717, 1.165) is 26.2 Å². The average molecular weight is 290 g/mol. The van der Waals surface area contributed by atoms with Crippen molar-refractivity contribution in [3.8, 4) is 0 Å². The summed E-state index contributed by atoms with van der Waals surface area (Å²) in [5.41, 5.74) is 0. The largest absolute Gasteiger partial charge is 0.390 e. The van der Waals surface area contributed by atoms with Gasteiger partial charge in [0.1, 0.15) is 6.20 Å². The molecule has 0 unspecified atom stereocenters. The van der Waals surface area contributed by atoms with Crippen LogP contribution >= 0.6 is 11.6 Å². The zero-order valence-corrected chi connectivity index (χ0v) is 11.1. The lowest BCUT2D eigenvalue weighted by Gasteiger charge is -2.29. The molecule has 9 heteroatoms. The molecule has 1 aliphatic rings. The number of hydrogen-bond acceptors (Lipinski definition) is 6. The van der Waals surface area contributed by atoms with E-state index in [0.29, 0.717) is 6.54 Å². The van der Waals surface area contributed by atoms with E-state index < -0.39 is 11.0 Å². The van der Waals surface area contributed by atoms with Gasteiger partial charge in [0.15, 0.2) is 0 Å². The van der Waals surface area contributed by atoms with Gasteiger partial charge in [0.05, 0.1) is 12.6 Å². The minimum atomic E-state index is -0.635. The number of imidazole rings is 1. The fourth-order valence-electron chi connectivity index (χ4n) is 2.07. The lowest BCUT2D eigenvalue weighted by Crippen LogP contribution is -2.46. The summed E-state index contributed by atoms with van der Waals surface area (Å²) in [5, 5.41) is 23.8. The van der Waals surface area contributed by atoms with Crippen molar-refractivity contribution in [2.24, 2.45) is 0 Å². The zero-order valence-electron chi connectivity index (χ0n) is 10.3. The summed E-state index contributed by atoms with van der Waals surface area (Å²) in [6.07, 6.45) is 0.605. The molecule has 0 aliphatic carbocycles. The van der Waals surface area contributed by atoms with Crippen molar-refractivity contribution in [1.29, 1.82) is 0 Å². The third-order valence-corrected chi connectivity index (χ3v) is 3.29. The number of halogens is 1. The first-order valence-electron chi connectivity index (χ1n) is 6.04. The van der Waals surface area contributed by atoms with Crippen LogP contribution in [-0.4, -0.2) is 63.3 Å². The van der Waals surface area contributed by atoms with Gasteiger partial charge in [0.25, 0.3) is 0 Å². The summed E-state index contributed by atoms with van der Waals surface area (Å²) in [7, 11) is 0. The summed E-state index contributed by atoms with van der Waals surface area (Å²) in [5.74, 6) is -0.306. The first kappa shape index (κ1) is 14.2. The van der Waals surface area contributed by atoms with Crippen LogP contribution < -0.4 is 5.32 Å². The number of nitrogens with zero attached hydrogens (tertiary/aromatic N) is 4. The fourth-order valence-corrected chi connectivity index (χ4v) is 2.28. The molecule has 0 aromatic carbocycles. The number of aromatic nitrogens is 2. The molecule has 1 saturated heterocycles. The Morgan fingerprint density at radius 1 is 1.53 bits per heavy atom. The van der Waals surface area contributed by atoms with Crippen molar-refractivity contribution >= 4 is 17.4 Å². The second-order valence-electron chi connectivity index (χ2n) is 4.48. The van der Waals surface area contributed by atoms with Gasteiger partial charge in [-0.15, -0.1) is 0 Å². The van der Waals surface area contributed by atoms with Gasteiger partial charge in [-0.05, 0) is 21.5 Å². The second-order valence-corrected chi connectivity index (χ2v) is 4.82. The smallest absolute Gasteiger partial charge is 0.383 e. The Balaban J connectivity index is 1.90. The maximum Gasteiger partial charge on any atom is 0.383 e. The van der Waals surface area contributed by atoms with Crippen molar-refractivity contribution in [2.45, 2.75) is 12.6 Å². The van der Waals surface area contributed by atoms with Crippen molar-refractivity contribution in [3.63, 3.8) is 0 Å². The topological polar surface area (TPSA) is 96.5 Å². The Hall–Kier alpha value is -1.22. The third-order valence-electron chi connectivity index (χ3n) is 2.99. The van der Waals surface area contributed by atoms with Gasteiger partial charge in [-0.3, -0.25) is 9.47 Å². The normalized spacial score (nSPS) is 18.4. The van der Waals surface area contributed by atoms with Crippen molar-refractivity contribution in [3.05, 3.63) is 21.6 Å². The van der Waals surface area contributed by atoms with Crippen molar-refractivity contribution < 1.29 is 10.0 Å². The highest BCUT2D eigenvalue weighted by molar-refractivity contribution is 6.28. The Bertz CT molecular complexity index is 446. The maximum absolute atomic E-state index is 10.6. The second kappa shape index (κ2) is 6.29. The molecule has 0 radical (unpaired) electrons. The first-order valence-corrected chi connectivity index (χ1v) is 6.42. The van der Waals surface area contributed by atoms with E-state index >= 15 is 0 Å². The van der Waals surface area contributed by atoms with Gasteiger partial charge in [0, 0.05) is 32.7 Å². The molecule has 1 aromatic heterocycles. The number of nitro groups is 1. The van der Waals surface area contributed by atoms with E-state index in [1.165, 1.54) is 10.8 Å². The van der Waals surface area contributed by atoms with E-state index in [4.69, 9.17) is 11.6 Å². The summed E-state index contributed by atoms with van der Waals surface area (Å²) in [6, 6.07) is 0. The molecule has 8 nitrogen and oxygen atoms in total. The van der Waals surface area contributed by atoms with Gasteiger partial charge in [-0.25, -0.2) is 0 Å². The fraction of sp³-hybridized carbons (Fsp3) is 0.700. The highest BCUT2D eigenvalue weighted by atomic mass is 35.5. The van der Waals surface area contributed by atoms with Crippen LogP contribution in [-0.2, 0) is 6.54 Å². The Morgan fingerprint density at radius 3 is 2.79 bits per heavy atom. The molecule has 0 spiro atoms. The van der Waals surface area contributed by atoms with Crippen molar-refractivity contribution in [1.82, 2.24) is 19.8 Å². The Labute approximate surface area is 115 Å². The molecule has 19 heavy (non-hydrogen) atoms. The third kappa shape index (κ3) is 3.87. The number of nitrogens with one attached hydrogen (secondary N) is 1. The minimum Gasteiger partial charge on any atom is -0.390 e. The number of aliphatic hydroxyl groups excluding tert-OH is 1. The van der Waals surface area contributed by atoms with E-state index in [-0.39, 0.29) is 17.6 Å². The molecule has 106 valence electrons. The lowest BCUT2D eigenvalue weighted by atomic mass is 10.3. The zero-order chi connectivity index (χ0) is 13.8. The lowest BCUT2D eigenvalue weighted by molar-refractivity contribution is -0.389. The van der Waals surface area contributed by atoms with Crippen LogP contribution in [0, 0.1) is 10.1 Å². The summed E-state index contributed by atoms with van der Waals surface area (Å²) in [6.45, 7) is 4.30. The highest BCUT2D eigenvalue weighted by Crippen LogP contribution is 2.16. The number of hydrogen-bond donors (Lipinski definition) is 2. The minimum absolute atomic E-state index is 0.0195. The Kier molecular flexibility index (Phi) is 4.70. The average Bonchev–Trinajstić information content (AvgIpc) is 2.72. The van der Waals surface area contributed by atoms with Crippen LogP contribution in [0.1, 0.15) is 0 Å². The summed E-state index contributed by atoms with van der Waals surface area (Å²) in [4.78, 5) is 15.7. The highest BCUT2D eigenvalue weighted by Gasteiger charge is 2.20. The summed E-state index contributed by atoms with van der Waals surface area (Å²) >= 11 is 5.79. The molecular weight excluding hydrogens is 274 g/mol. The molecule has 1 atom stereocenters. The molecule has 1 fully saturated rings. The molecule has 0 saturated carbocycles. The number of aliphatic hydroxyl groups is 1. The number of β-amino-alcohol motifs (C(OH)–C–C–N with tert-alkyl or cyclic N) is 1. The van der Waals surface area contributed by atoms with Crippen LogP contribution in [0.15, 0.2) is 6.20 Å². The van der Waals surface area contributed by atoms with Crippen LogP contribution in [0.3, 0.4) is 0 Å². The maximum atomic E-state index is 10.6. The molecule has 2 heterocycles. The van der Waals surface area contributed by atoms with E-state index in [2.05, 4.69) is 15.2 Å². The van der Waals surface area contributed by atoms with E-state index in [1.807, 2.05) is 0 Å². The van der Waals surface area contributed by atoms with Crippen LogP contribution in [0.2, 0.25) is 5.28 Å². The molecular formula is C10H16ClN5O3. The van der Waals surface area contributed by atoms with Crippen molar-refractivity contribution in [2.75, 3.05) is 32.7 Å². The van der Waals surface area contributed by atoms with Crippen LogP contribution in [0.4, 0.5) is 5.82 Å². The van der Waals surface area contributed by atoms with Gasteiger partial charge in [-0.2, -0.15) is 0 Å². The Morgan fingerprint density at radius 2 is 2.21 bits per heavy atom. The molecule has 1 aliphatic heterocycles. The predicted molar refractivity (Wildman–Crippen MR) is 69.2 cm³/mol. The molecule has 0 bridgehead atoms. The van der Waals surface area contributed by atoms with E-state index in [1.54, 1.807) is 0 Å². The number of rotatable bonds is 5. The predicted octanol–water partition coefficient (Wildman–Crippen LogP) is -0.289. The van der Waals surface area contributed by atoms with Gasteiger partial charge in [0.2, 0.25) is 0 Å². The van der Waals surface area contributed by atoms with E-state index in [9.17, 15) is 15.2 Å². The van der Waals surface area contributed by atoms with Gasteiger partial charge < -0.3 is 20.5 Å². The summed E-state index contributed by atoms with van der Waals surface area (Å²) < 4.78 is 1.40. The molecule has 0 amide bonds. The van der Waals surface area contributed by atoms with Gasteiger partial charge >= 0.3 is 11.1 Å². The van der Waals surface area contributed by atoms with Gasteiger partial charge in [-0.1, -0.05) is 0 Å². The molecule has 1 aromatic rings.